The number of nitrogens with one attached hydrogen (secondary N) is 1. The number of carbonyl (C=O) groups excluding carboxylic acids is 1. The lowest BCUT2D eigenvalue weighted by Gasteiger charge is -2.08. The molecule has 1 amide bonds. The van der Waals surface area contributed by atoms with Crippen LogP contribution in [0.25, 0.3) is 11.5 Å². The van der Waals surface area contributed by atoms with Crippen LogP contribution in [-0.2, 0) is 11.3 Å². The zero-order chi connectivity index (χ0) is 16.9. The summed E-state index contributed by atoms with van der Waals surface area (Å²) < 4.78 is 24.3. The van der Waals surface area contributed by atoms with Gasteiger partial charge in [0.25, 0.3) is 11.1 Å². The Morgan fingerprint density at radius 1 is 1.29 bits per heavy atom. The summed E-state index contributed by atoms with van der Waals surface area (Å²) in [4.78, 5) is 12.1. The molecule has 0 saturated carbocycles. The molecule has 2 heterocycles. The zero-order valence-electron chi connectivity index (χ0n) is 12.7. The van der Waals surface area contributed by atoms with Gasteiger partial charge >= 0.3 is 0 Å². The average molecular weight is 347 g/mol. The van der Waals surface area contributed by atoms with Gasteiger partial charge < -0.3 is 14.2 Å². The van der Waals surface area contributed by atoms with Gasteiger partial charge in [-0.15, -0.1) is 10.2 Å². The Morgan fingerprint density at radius 2 is 2.12 bits per heavy atom. The number of carbonyl (C=O) groups is 1. The number of rotatable bonds is 6. The van der Waals surface area contributed by atoms with Gasteiger partial charge in [0.2, 0.25) is 5.91 Å². The fraction of sp³-hybridized carbons (Fsp3) is 0.188. The maximum absolute atomic E-state index is 13.7. The molecule has 2 aromatic heterocycles. The lowest BCUT2D eigenvalue weighted by molar-refractivity contribution is -0.120. The van der Waals surface area contributed by atoms with Gasteiger partial charge in [0.1, 0.15) is 11.6 Å². The summed E-state index contributed by atoms with van der Waals surface area (Å²) in [6.45, 7) is 2.02. The third-order valence-electron chi connectivity index (χ3n) is 3.17. The van der Waals surface area contributed by atoms with Crippen molar-refractivity contribution in [3.05, 3.63) is 54.2 Å². The Labute approximate surface area is 141 Å². The normalized spacial score (nSPS) is 12.1. The molecule has 0 spiro atoms. The van der Waals surface area contributed by atoms with E-state index in [2.05, 4.69) is 15.5 Å². The molecule has 124 valence electrons. The van der Waals surface area contributed by atoms with Gasteiger partial charge in [0, 0.05) is 0 Å². The van der Waals surface area contributed by atoms with Crippen molar-refractivity contribution in [1.29, 1.82) is 0 Å². The highest BCUT2D eigenvalue weighted by Crippen LogP contribution is 2.27. The van der Waals surface area contributed by atoms with Crippen molar-refractivity contribution in [3.63, 3.8) is 0 Å². The van der Waals surface area contributed by atoms with Gasteiger partial charge in [-0.1, -0.05) is 23.9 Å². The number of hydrogen-bond donors (Lipinski definition) is 1. The third-order valence-corrected chi connectivity index (χ3v) is 4.11. The number of hydrogen-bond acceptors (Lipinski definition) is 6. The molecular formula is C16H14FN3O3S. The van der Waals surface area contributed by atoms with Crippen molar-refractivity contribution in [3.8, 4) is 11.5 Å². The quantitative estimate of drug-likeness (QED) is 0.689. The van der Waals surface area contributed by atoms with Crippen LogP contribution in [0.4, 0.5) is 4.39 Å². The van der Waals surface area contributed by atoms with E-state index in [1.54, 1.807) is 43.5 Å². The van der Waals surface area contributed by atoms with E-state index in [1.807, 2.05) is 0 Å². The minimum Gasteiger partial charge on any atom is -0.467 e. The predicted molar refractivity (Wildman–Crippen MR) is 85.6 cm³/mol. The minimum absolute atomic E-state index is 0.0822. The maximum atomic E-state index is 13.7. The fourth-order valence-electron chi connectivity index (χ4n) is 1.94. The second-order valence-corrected chi connectivity index (χ2v) is 6.20. The van der Waals surface area contributed by atoms with Crippen molar-refractivity contribution in [2.75, 3.05) is 0 Å². The van der Waals surface area contributed by atoms with E-state index >= 15 is 0 Å². The van der Waals surface area contributed by atoms with Gasteiger partial charge in [0.05, 0.1) is 23.6 Å². The Kier molecular flexibility index (Phi) is 4.95. The molecule has 1 aromatic carbocycles. The number of halogens is 1. The SMILES string of the molecule is CC(Sc1nnc(-c2ccccc2F)o1)C(=O)NCc1ccco1. The second-order valence-electron chi connectivity index (χ2n) is 4.91. The molecule has 1 unspecified atom stereocenters. The van der Waals surface area contributed by atoms with Gasteiger partial charge in [-0.25, -0.2) is 4.39 Å². The number of nitrogens with zero attached hydrogens (tertiary/aromatic N) is 2. The Morgan fingerprint density at radius 3 is 2.88 bits per heavy atom. The van der Waals surface area contributed by atoms with Crippen molar-refractivity contribution in [2.24, 2.45) is 0 Å². The van der Waals surface area contributed by atoms with Gasteiger partial charge in [0.15, 0.2) is 0 Å². The molecule has 0 radical (unpaired) electrons. The highest BCUT2D eigenvalue weighted by atomic mass is 32.2. The molecule has 0 aliphatic heterocycles. The molecule has 24 heavy (non-hydrogen) atoms. The smallest absolute Gasteiger partial charge is 0.277 e. The monoisotopic (exact) mass is 347 g/mol. The van der Waals surface area contributed by atoms with Crippen molar-refractivity contribution in [2.45, 2.75) is 23.9 Å². The van der Waals surface area contributed by atoms with Crippen LogP contribution in [0.5, 0.6) is 0 Å². The summed E-state index contributed by atoms with van der Waals surface area (Å²) in [5, 5.41) is 10.2. The molecule has 0 bridgehead atoms. The van der Waals surface area contributed by atoms with Gasteiger partial charge in [-0.05, 0) is 31.2 Å². The van der Waals surface area contributed by atoms with E-state index < -0.39 is 11.1 Å². The van der Waals surface area contributed by atoms with E-state index in [1.165, 1.54) is 6.07 Å². The maximum Gasteiger partial charge on any atom is 0.277 e. The lowest BCUT2D eigenvalue weighted by atomic mass is 10.2. The highest BCUT2D eigenvalue weighted by Gasteiger charge is 2.19. The van der Waals surface area contributed by atoms with Crippen LogP contribution in [-0.4, -0.2) is 21.4 Å². The largest absolute Gasteiger partial charge is 0.467 e. The highest BCUT2D eigenvalue weighted by molar-refractivity contribution is 8.00. The topological polar surface area (TPSA) is 81.2 Å². The van der Waals surface area contributed by atoms with Crippen LogP contribution in [0.2, 0.25) is 0 Å². The average Bonchev–Trinajstić information content (AvgIpc) is 3.24. The van der Waals surface area contributed by atoms with Crippen LogP contribution in [0.1, 0.15) is 12.7 Å². The van der Waals surface area contributed by atoms with Crippen LogP contribution < -0.4 is 5.32 Å². The molecule has 0 aliphatic rings. The first-order valence-corrected chi connectivity index (χ1v) is 8.06. The molecule has 6 nitrogen and oxygen atoms in total. The Bertz CT molecular complexity index is 820. The number of thioether (sulfide) groups is 1. The van der Waals surface area contributed by atoms with Crippen molar-refractivity contribution >= 4 is 17.7 Å². The first-order chi connectivity index (χ1) is 11.6. The van der Waals surface area contributed by atoms with Crippen LogP contribution in [0.15, 0.2) is 56.7 Å². The Hall–Kier alpha value is -2.61. The molecule has 3 rings (SSSR count). The van der Waals surface area contributed by atoms with E-state index in [0.29, 0.717) is 12.3 Å². The molecule has 1 atom stereocenters. The van der Waals surface area contributed by atoms with Crippen LogP contribution in [0, 0.1) is 5.82 Å². The molecule has 0 saturated heterocycles. The molecule has 8 heteroatoms. The second kappa shape index (κ2) is 7.31. The number of furan rings is 1. The molecule has 0 fully saturated rings. The third kappa shape index (κ3) is 3.83. The molecular weight excluding hydrogens is 333 g/mol. The molecule has 1 N–H and O–H groups in total. The van der Waals surface area contributed by atoms with Crippen molar-refractivity contribution < 1.29 is 18.0 Å². The summed E-state index contributed by atoms with van der Waals surface area (Å²) in [5.74, 6) is 0.114. The van der Waals surface area contributed by atoms with E-state index in [-0.39, 0.29) is 22.6 Å². The van der Waals surface area contributed by atoms with Crippen LogP contribution in [0.3, 0.4) is 0 Å². The number of amides is 1. The zero-order valence-corrected chi connectivity index (χ0v) is 13.5. The minimum atomic E-state index is -0.450. The summed E-state index contributed by atoms with van der Waals surface area (Å²) in [7, 11) is 0. The number of benzene rings is 1. The van der Waals surface area contributed by atoms with Gasteiger partial charge in [-0.3, -0.25) is 4.79 Å². The summed E-state index contributed by atoms with van der Waals surface area (Å²) in [5.41, 5.74) is 0.228. The van der Waals surface area contributed by atoms with E-state index in [0.717, 1.165) is 11.8 Å². The lowest BCUT2D eigenvalue weighted by Crippen LogP contribution is -2.30. The first kappa shape index (κ1) is 16.3. The molecule has 3 aromatic rings. The first-order valence-electron chi connectivity index (χ1n) is 7.18. The van der Waals surface area contributed by atoms with E-state index in [4.69, 9.17) is 8.83 Å². The summed E-state index contributed by atoms with van der Waals surface area (Å²) >= 11 is 1.10. The number of aromatic nitrogens is 2. The van der Waals surface area contributed by atoms with Gasteiger partial charge in [-0.2, -0.15) is 0 Å². The van der Waals surface area contributed by atoms with Crippen molar-refractivity contribution in [1.82, 2.24) is 15.5 Å². The Balaban J connectivity index is 1.59. The van der Waals surface area contributed by atoms with E-state index in [9.17, 15) is 9.18 Å². The fourth-order valence-corrected chi connectivity index (χ4v) is 2.64. The molecule has 0 aliphatic carbocycles. The summed E-state index contributed by atoms with van der Waals surface area (Å²) in [6, 6.07) is 9.66. The van der Waals surface area contributed by atoms with Crippen LogP contribution >= 0.6 is 11.8 Å². The summed E-state index contributed by atoms with van der Waals surface area (Å²) in [6.07, 6.45) is 1.54. The standard InChI is InChI=1S/C16H14FN3O3S/c1-10(14(21)18-9-11-5-4-8-22-11)24-16-20-19-15(23-16)12-6-2-3-7-13(12)17/h2-8,10H,9H2,1H3,(H,18,21). The predicted octanol–water partition coefficient (Wildman–Crippen LogP) is 3.27.